The molecule has 0 fully saturated rings. The Labute approximate surface area is 116 Å². The van der Waals surface area contributed by atoms with E-state index in [4.69, 9.17) is 11.6 Å². The lowest BCUT2D eigenvalue weighted by molar-refractivity contribution is 0.791. The Morgan fingerprint density at radius 3 is 2.78 bits per heavy atom. The van der Waals surface area contributed by atoms with Crippen molar-refractivity contribution in [3.05, 3.63) is 38.9 Å². The standard InChI is InChI=1S/C13H16ClN3S/c1-8(6-11-5-4-9(2)18-11)17-13-10(3)12(14)15-7-16-13/h4-5,7-8H,6H2,1-3H3,(H,15,16,17). The Bertz CT molecular complexity index is 539. The van der Waals surface area contributed by atoms with Crippen LogP contribution in [-0.2, 0) is 6.42 Å². The molecule has 0 saturated heterocycles. The average Bonchev–Trinajstić information content (AvgIpc) is 2.70. The first-order chi connectivity index (χ1) is 8.56. The minimum Gasteiger partial charge on any atom is -0.367 e. The molecule has 0 amide bonds. The summed E-state index contributed by atoms with van der Waals surface area (Å²) < 4.78 is 0. The number of nitrogens with one attached hydrogen (secondary N) is 1. The van der Waals surface area contributed by atoms with Gasteiger partial charge in [0.2, 0.25) is 0 Å². The highest BCUT2D eigenvalue weighted by atomic mass is 35.5. The molecule has 0 aliphatic rings. The monoisotopic (exact) mass is 281 g/mol. The third kappa shape index (κ3) is 3.21. The molecular formula is C13H16ClN3S. The van der Waals surface area contributed by atoms with Gasteiger partial charge in [0.1, 0.15) is 17.3 Å². The summed E-state index contributed by atoms with van der Waals surface area (Å²) in [5.41, 5.74) is 0.897. The van der Waals surface area contributed by atoms with Crippen molar-refractivity contribution in [2.75, 3.05) is 5.32 Å². The number of thiophene rings is 1. The van der Waals surface area contributed by atoms with Crippen LogP contribution in [0.15, 0.2) is 18.5 Å². The van der Waals surface area contributed by atoms with Crippen molar-refractivity contribution in [1.29, 1.82) is 0 Å². The zero-order valence-corrected chi connectivity index (χ0v) is 12.3. The summed E-state index contributed by atoms with van der Waals surface area (Å²) in [6, 6.07) is 4.64. The van der Waals surface area contributed by atoms with Crippen LogP contribution in [0.1, 0.15) is 22.2 Å². The second kappa shape index (κ2) is 5.67. The highest BCUT2D eigenvalue weighted by Gasteiger charge is 2.09. The fourth-order valence-electron chi connectivity index (χ4n) is 1.76. The van der Waals surface area contributed by atoms with Crippen molar-refractivity contribution in [1.82, 2.24) is 9.97 Å². The van der Waals surface area contributed by atoms with Crippen LogP contribution in [-0.4, -0.2) is 16.0 Å². The Morgan fingerprint density at radius 1 is 1.33 bits per heavy atom. The van der Waals surface area contributed by atoms with E-state index >= 15 is 0 Å². The SMILES string of the molecule is Cc1ccc(CC(C)Nc2ncnc(Cl)c2C)s1. The molecule has 0 saturated carbocycles. The maximum atomic E-state index is 5.97. The number of nitrogens with zero attached hydrogens (tertiary/aromatic N) is 2. The van der Waals surface area contributed by atoms with Crippen LogP contribution in [0.5, 0.6) is 0 Å². The molecule has 2 aromatic heterocycles. The summed E-state index contributed by atoms with van der Waals surface area (Å²) in [6.07, 6.45) is 2.47. The summed E-state index contributed by atoms with van der Waals surface area (Å²) in [5, 5.41) is 3.89. The molecule has 0 spiro atoms. The van der Waals surface area contributed by atoms with E-state index in [9.17, 15) is 0 Å². The molecule has 1 unspecified atom stereocenters. The molecule has 3 nitrogen and oxygen atoms in total. The minimum atomic E-state index is 0.313. The van der Waals surface area contributed by atoms with E-state index in [1.807, 2.05) is 18.3 Å². The third-order valence-electron chi connectivity index (χ3n) is 2.71. The summed E-state index contributed by atoms with van der Waals surface area (Å²) in [4.78, 5) is 10.9. The molecule has 1 atom stereocenters. The van der Waals surface area contributed by atoms with Crippen molar-refractivity contribution in [3.8, 4) is 0 Å². The highest BCUT2D eigenvalue weighted by Crippen LogP contribution is 2.21. The Hall–Kier alpha value is -1.13. The summed E-state index contributed by atoms with van der Waals surface area (Å²) in [7, 11) is 0. The third-order valence-corrected chi connectivity index (χ3v) is 4.11. The Morgan fingerprint density at radius 2 is 2.11 bits per heavy atom. The average molecular weight is 282 g/mol. The van der Waals surface area contributed by atoms with Gasteiger partial charge in [0.25, 0.3) is 0 Å². The maximum Gasteiger partial charge on any atom is 0.137 e. The predicted molar refractivity (Wildman–Crippen MR) is 77.6 cm³/mol. The fraction of sp³-hybridized carbons (Fsp3) is 0.385. The number of hydrogen-bond acceptors (Lipinski definition) is 4. The smallest absolute Gasteiger partial charge is 0.137 e. The number of rotatable bonds is 4. The molecule has 2 aromatic rings. The molecule has 0 aromatic carbocycles. The van der Waals surface area contributed by atoms with E-state index in [1.54, 1.807) is 0 Å². The predicted octanol–water partition coefficient (Wildman–Crippen LogP) is 3.85. The van der Waals surface area contributed by atoms with Gasteiger partial charge < -0.3 is 5.32 Å². The summed E-state index contributed by atoms with van der Waals surface area (Å²) in [6.45, 7) is 6.19. The van der Waals surface area contributed by atoms with Gasteiger partial charge in [0, 0.05) is 27.8 Å². The zero-order valence-electron chi connectivity index (χ0n) is 10.7. The van der Waals surface area contributed by atoms with Gasteiger partial charge in [-0.05, 0) is 32.9 Å². The quantitative estimate of drug-likeness (QED) is 0.865. The van der Waals surface area contributed by atoms with Crippen molar-refractivity contribution in [2.45, 2.75) is 33.2 Å². The molecule has 0 aliphatic heterocycles. The lowest BCUT2D eigenvalue weighted by atomic mass is 10.2. The second-order valence-electron chi connectivity index (χ2n) is 4.40. The number of anilines is 1. The van der Waals surface area contributed by atoms with Gasteiger partial charge in [-0.1, -0.05) is 11.6 Å². The molecule has 2 rings (SSSR count). The molecule has 5 heteroatoms. The first-order valence-corrected chi connectivity index (χ1v) is 7.04. The largest absolute Gasteiger partial charge is 0.367 e. The normalized spacial score (nSPS) is 12.4. The van der Waals surface area contributed by atoms with Gasteiger partial charge in [-0.15, -0.1) is 11.3 Å². The Kier molecular flexibility index (Phi) is 4.19. The van der Waals surface area contributed by atoms with Gasteiger partial charge in [0.15, 0.2) is 0 Å². The van der Waals surface area contributed by atoms with Crippen molar-refractivity contribution < 1.29 is 0 Å². The lowest BCUT2D eigenvalue weighted by Gasteiger charge is -2.15. The molecule has 0 aliphatic carbocycles. The van der Waals surface area contributed by atoms with E-state index in [1.165, 1.54) is 16.1 Å². The fourth-order valence-corrected chi connectivity index (χ4v) is 2.91. The number of aryl methyl sites for hydroxylation is 1. The van der Waals surface area contributed by atoms with Crippen molar-refractivity contribution >= 4 is 28.8 Å². The van der Waals surface area contributed by atoms with Crippen LogP contribution in [0.4, 0.5) is 5.82 Å². The zero-order chi connectivity index (χ0) is 13.1. The van der Waals surface area contributed by atoms with Crippen molar-refractivity contribution in [3.63, 3.8) is 0 Å². The van der Waals surface area contributed by atoms with E-state index in [0.29, 0.717) is 11.2 Å². The molecule has 18 heavy (non-hydrogen) atoms. The van der Waals surface area contributed by atoms with Crippen LogP contribution < -0.4 is 5.32 Å². The van der Waals surface area contributed by atoms with Gasteiger partial charge in [-0.2, -0.15) is 0 Å². The summed E-state index contributed by atoms with van der Waals surface area (Å²) in [5.74, 6) is 0.816. The lowest BCUT2D eigenvalue weighted by Crippen LogP contribution is -2.19. The number of halogens is 1. The molecule has 96 valence electrons. The highest BCUT2D eigenvalue weighted by molar-refractivity contribution is 7.11. The maximum absolute atomic E-state index is 5.97. The van der Waals surface area contributed by atoms with Gasteiger partial charge >= 0.3 is 0 Å². The Balaban J connectivity index is 2.03. The van der Waals surface area contributed by atoms with E-state index in [0.717, 1.165) is 17.8 Å². The van der Waals surface area contributed by atoms with Crippen LogP contribution in [0.2, 0.25) is 5.15 Å². The van der Waals surface area contributed by atoms with E-state index in [2.05, 4.69) is 41.3 Å². The first kappa shape index (κ1) is 13.3. The molecule has 0 radical (unpaired) electrons. The molecule has 0 bridgehead atoms. The van der Waals surface area contributed by atoms with Crippen LogP contribution >= 0.6 is 22.9 Å². The van der Waals surface area contributed by atoms with Crippen LogP contribution in [0.25, 0.3) is 0 Å². The second-order valence-corrected chi connectivity index (χ2v) is 6.13. The topological polar surface area (TPSA) is 37.8 Å². The van der Waals surface area contributed by atoms with E-state index < -0.39 is 0 Å². The summed E-state index contributed by atoms with van der Waals surface area (Å²) >= 11 is 7.81. The van der Waals surface area contributed by atoms with Crippen LogP contribution in [0.3, 0.4) is 0 Å². The number of aromatic nitrogens is 2. The van der Waals surface area contributed by atoms with Crippen molar-refractivity contribution in [2.24, 2.45) is 0 Å². The van der Waals surface area contributed by atoms with Gasteiger partial charge in [-0.25, -0.2) is 9.97 Å². The molecular weight excluding hydrogens is 266 g/mol. The van der Waals surface area contributed by atoms with Gasteiger partial charge in [-0.3, -0.25) is 0 Å². The molecule has 2 heterocycles. The molecule has 1 N–H and O–H groups in total. The van der Waals surface area contributed by atoms with Gasteiger partial charge in [0.05, 0.1) is 0 Å². The first-order valence-electron chi connectivity index (χ1n) is 5.85. The van der Waals surface area contributed by atoms with E-state index in [-0.39, 0.29) is 0 Å². The minimum absolute atomic E-state index is 0.313. The number of hydrogen-bond donors (Lipinski definition) is 1. The van der Waals surface area contributed by atoms with Crippen LogP contribution in [0, 0.1) is 13.8 Å².